The van der Waals surface area contributed by atoms with Crippen LogP contribution in [0.25, 0.3) is 6.08 Å². The van der Waals surface area contributed by atoms with Crippen LogP contribution in [0.5, 0.6) is 11.5 Å². The number of hydrogen-bond acceptors (Lipinski definition) is 6. The molecule has 1 heterocycles. The Balaban J connectivity index is 1.96. The summed E-state index contributed by atoms with van der Waals surface area (Å²) in [6.45, 7) is 3.51. The van der Waals surface area contributed by atoms with E-state index in [0.717, 1.165) is 4.47 Å². The van der Waals surface area contributed by atoms with Gasteiger partial charge in [-0.3, -0.25) is 4.79 Å². The van der Waals surface area contributed by atoms with Crippen LogP contribution >= 0.6 is 31.9 Å². The van der Waals surface area contributed by atoms with Gasteiger partial charge >= 0.3 is 11.9 Å². The van der Waals surface area contributed by atoms with Crippen molar-refractivity contribution in [1.29, 1.82) is 0 Å². The molecule has 0 saturated carbocycles. The molecule has 0 amide bonds. The second-order valence-electron chi connectivity index (χ2n) is 5.70. The van der Waals surface area contributed by atoms with E-state index in [-0.39, 0.29) is 17.3 Å². The van der Waals surface area contributed by atoms with Crippen molar-refractivity contribution in [2.45, 2.75) is 13.8 Å². The maximum atomic E-state index is 12.2. The van der Waals surface area contributed by atoms with Crippen LogP contribution in [-0.4, -0.2) is 24.4 Å². The smallest absolute Gasteiger partial charge is 0.363 e. The Labute approximate surface area is 178 Å². The third-order valence-electron chi connectivity index (χ3n) is 3.59. The van der Waals surface area contributed by atoms with Gasteiger partial charge in [0.05, 0.1) is 11.1 Å². The van der Waals surface area contributed by atoms with Gasteiger partial charge in [-0.25, -0.2) is 9.79 Å². The number of carbonyl (C=O) groups is 2. The molecule has 0 radical (unpaired) electrons. The number of hydrogen-bond donors (Lipinski definition) is 0. The first-order valence-corrected chi connectivity index (χ1v) is 9.89. The van der Waals surface area contributed by atoms with E-state index in [1.54, 1.807) is 30.3 Å². The summed E-state index contributed by atoms with van der Waals surface area (Å²) in [6, 6.07) is 10.7. The number of carbonyl (C=O) groups excluding carboxylic acids is 2. The molecule has 0 fully saturated rings. The van der Waals surface area contributed by atoms with Crippen molar-refractivity contribution in [2.75, 3.05) is 6.61 Å². The Morgan fingerprint density at radius 2 is 1.93 bits per heavy atom. The van der Waals surface area contributed by atoms with Crippen LogP contribution in [0.4, 0.5) is 0 Å². The van der Waals surface area contributed by atoms with Gasteiger partial charge in [-0.15, -0.1) is 0 Å². The molecule has 144 valence electrons. The third kappa shape index (κ3) is 4.69. The van der Waals surface area contributed by atoms with Gasteiger partial charge in [0.1, 0.15) is 0 Å². The lowest BCUT2D eigenvalue weighted by atomic mass is 10.1. The zero-order valence-corrected chi connectivity index (χ0v) is 18.2. The minimum atomic E-state index is -0.545. The molecule has 28 heavy (non-hydrogen) atoms. The fourth-order valence-corrected chi connectivity index (χ4v) is 3.26. The van der Waals surface area contributed by atoms with Gasteiger partial charge in [-0.1, -0.05) is 15.9 Å². The number of nitrogens with zero attached hydrogens (tertiary/aromatic N) is 1. The molecule has 0 atom stereocenters. The molecule has 0 unspecified atom stereocenters. The molecule has 0 spiro atoms. The molecule has 2 aromatic carbocycles. The molecule has 0 bridgehead atoms. The van der Waals surface area contributed by atoms with Crippen molar-refractivity contribution >= 4 is 55.8 Å². The molecule has 0 aliphatic carbocycles. The lowest BCUT2D eigenvalue weighted by molar-refractivity contribution is -0.132. The van der Waals surface area contributed by atoms with Crippen molar-refractivity contribution in [1.82, 2.24) is 0 Å². The summed E-state index contributed by atoms with van der Waals surface area (Å²) in [4.78, 5) is 27.8. The largest absolute Gasteiger partial charge is 0.490 e. The SMILES string of the molecule is CCOc1cc(/C=C2\N=C(c3ccc(Br)cc3)OC2=O)cc(Br)c1OC(C)=O. The Kier molecular flexibility index (Phi) is 6.31. The molecule has 1 aliphatic rings. The van der Waals surface area contributed by atoms with Gasteiger partial charge in [0.2, 0.25) is 5.90 Å². The molecule has 1 aliphatic heterocycles. The zero-order valence-electron chi connectivity index (χ0n) is 15.0. The van der Waals surface area contributed by atoms with E-state index in [4.69, 9.17) is 14.2 Å². The van der Waals surface area contributed by atoms with Crippen molar-refractivity contribution in [3.8, 4) is 11.5 Å². The minimum Gasteiger partial charge on any atom is -0.490 e. The first kappa shape index (κ1) is 20.3. The molecule has 3 rings (SSSR count). The molecule has 2 aromatic rings. The zero-order chi connectivity index (χ0) is 20.3. The molecule has 0 aromatic heterocycles. The van der Waals surface area contributed by atoms with Crippen molar-refractivity contribution in [2.24, 2.45) is 4.99 Å². The predicted octanol–water partition coefficient (Wildman–Crippen LogP) is 4.88. The van der Waals surface area contributed by atoms with Crippen molar-refractivity contribution in [3.63, 3.8) is 0 Å². The normalized spacial score (nSPS) is 14.6. The first-order valence-electron chi connectivity index (χ1n) is 8.30. The van der Waals surface area contributed by atoms with E-state index < -0.39 is 11.9 Å². The van der Waals surface area contributed by atoms with E-state index >= 15 is 0 Å². The van der Waals surface area contributed by atoms with Gasteiger partial charge < -0.3 is 14.2 Å². The highest BCUT2D eigenvalue weighted by Crippen LogP contribution is 2.38. The topological polar surface area (TPSA) is 74.2 Å². The van der Waals surface area contributed by atoms with Crippen LogP contribution in [0.2, 0.25) is 0 Å². The number of esters is 2. The standard InChI is InChI=1S/C20H15Br2NO5/c1-3-26-17-10-12(8-15(22)18(17)27-11(2)24)9-16-20(25)28-19(23-16)13-4-6-14(21)7-5-13/h4-10H,3H2,1-2H3/b16-9-. The summed E-state index contributed by atoms with van der Waals surface area (Å²) in [5.41, 5.74) is 1.49. The maximum absolute atomic E-state index is 12.2. The average molecular weight is 509 g/mol. The monoisotopic (exact) mass is 507 g/mol. The molecule has 8 heteroatoms. The molecule has 0 saturated heterocycles. The number of benzene rings is 2. The average Bonchev–Trinajstić information content (AvgIpc) is 2.99. The van der Waals surface area contributed by atoms with Crippen LogP contribution in [0.15, 0.2) is 56.0 Å². The Bertz CT molecular complexity index is 996. The van der Waals surface area contributed by atoms with Crippen molar-refractivity contribution < 1.29 is 23.8 Å². The summed E-state index contributed by atoms with van der Waals surface area (Å²) in [6.07, 6.45) is 1.58. The van der Waals surface area contributed by atoms with Gasteiger partial charge in [0, 0.05) is 17.0 Å². The highest BCUT2D eigenvalue weighted by atomic mass is 79.9. The highest BCUT2D eigenvalue weighted by Gasteiger charge is 2.24. The second-order valence-corrected chi connectivity index (χ2v) is 7.47. The van der Waals surface area contributed by atoms with Crippen LogP contribution in [0.1, 0.15) is 25.0 Å². The van der Waals surface area contributed by atoms with Crippen LogP contribution in [0.3, 0.4) is 0 Å². The summed E-state index contributed by atoms with van der Waals surface area (Å²) in [5, 5.41) is 0. The fraction of sp³-hybridized carbons (Fsp3) is 0.150. The summed E-state index contributed by atoms with van der Waals surface area (Å²) >= 11 is 6.74. The van der Waals surface area contributed by atoms with Crippen LogP contribution in [0, 0.1) is 0 Å². The lowest BCUT2D eigenvalue weighted by Gasteiger charge is -2.12. The van der Waals surface area contributed by atoms with Gasteiger partial charge in [-0.2, -0.15) is 0 Å². The van der Waals surface area contributed by atoms with E-state index in [1.807, 2.05) is 19.1 Å². The first-order chi connectivity index (χ1) is 13.4. The predicted molar refractivity (Wildman–Crippen MR) is 111 cm³/mol. The number of ether oxygens (including phenoxy) is 3. The molecule has 6 nitrogen and oxygen atoms in total. The third-order valence-corrected chi connectivity index (χ3v) is 4.71. The molecular formula is C20H15Br2NO5. The summed E-state index contributed by atoms with van der Waals surface area (Å²) in [7, 11) is 0. The molecular weight excluding hydrogens is 494 g/mol. The summed E-state index contributed by atoms with van der Waals surface area (Å²) in [5.74, 6) is -0.108. The highest BCUT2D eigenvalue weighted by molar-refractivity contribution is 9.10. The van der Waals surface area contributed by atoms with Crippen LogP contribution in [-0.2, 0) is 14.3 Å². The number of rotatable bonds is 5. The van der Waals surface area contributed by atoms with Gasteiger partial charge in [-0.05, 0) is 70.9 Å². The van der Waals surface area contributed by atoms with E-state index in [9.17, 15) is 9.59 Å². The number of aliphatic imine (C=N–C) groups is 1. The Hall–Kier alpha value is -2.45. The van der Waals surface area contributed by atoms with Crippen LogP contribution < -0.4 is 9.47 Å². The lowest BCUT2D eigenvalue weighted by Crippen LogP contribution is -2.05. The molecule has 0 N–H and O–H groups in total. The Morgan fingerprint density at radius 3 is 2.57 bits per heavy atom. The minimum absolute atomic E-state index is 0.160. The summed E-state index contributed by atoms with van der Waals surface area (Å²) < 4.78 is 17.5. The van der Waals surface area contributed by atoms with Gasteiger partial charge in [0.25, 0.3) is 0 Å². The fourth-order valence-electron chi connectivity index (χ4n) is 2.46. The van der Waals surface area contributed by atoms with Crippen molar-refractivity contribution in [3.05, 3.63) is 62.2 Å². The number of cyclic esters (lactones) is 1. The maximum Gasteiger partial charge on any atom is 0.363 e. The van der Waals surface area contributed by atoms with E-state index in [2.05, 4.69) is 36.9 Å². The van der Waals surface area contributed by atoms with Gasteiger partial charge in [0.15, 0.2) is 17.2 Å². The quantitative estimate of drug-likeness (QED) is 0.327. The second kappa shape index (κ2) is 8.70. The van der Waals surface area contributed by atoms with E-state index in [1.165, 1.54) is 6.92 Å². The Morgan fingerprint density at radius 1 is 1.21 bits per heavy atom. The van der Waals surface area contributed by atoms with E-state index in [0.29, 0.717) is 28.0 Å². The number of halogens is 2.